The Kier molecular flexibility index (Phi) is 11.1. The van der Waals surface area contributed by atoms with Crippen LogP contribution in [0.1, 0.15) is 53.4 Å². The summed E-state index contributed by atoms with van der Waals surface area (Å²) in [4.78, 5) is 18.5. The largest absolute Gasteiger partial charge is 0.444 e. The number of alkyl carbamates (subject to hydrolysis) is 1. The second-order valence-corrected chi connectivity index (χ2v) is 7.90. The van der Waals surface area contributed by atoms with Gasteiger partial charge in [-0.25, -0.2) is 4.79 Å². The molecule has 4 N–H and O–H groups in total. The molecule has 0 atom stereocenters. The molecule has 0 unspecified atom stereocenters. The highest BCUT2D eigenvalue weighted by atomic mass is 16.6. The first-order valence-electron chi connectivity index (χ1n) is 10.2. The molecule has 0 bridgehead atoms. The predicted octanol–water partition coefficient (Wildman–Crippen LogP) is 1.30. The molecule has 1 aliphatic rings. The third kappa shape index (κ3) is 12.5. The van der Waals surface area contributed by atoms with Gasteiger partial charge in [0.1, 0.15) is 5.60 Å². The second kappa shape index (κ2) is 12.8. The summed E-state index contributed by atoms with van der Waals surface area (Å²) >= 11 is 0. The van der Waals surface area contributed by atoms with Crippen LogP contribution in [0.3, 0.4) is 0 Å². The third-order valence-electron chi connectivity index (χ3n) is 4.12. The van der Waals surface area contributed by atoms with Crippen molar-refractivity contribution in [2.24, 2.45) is 4.99 Å². The van der Waals surface area contributed by atoms with Gasteiger partial charge in [-0.3, -0.25) is 4.99 Å². The number of amides is 1. The van der Waals surface area contributed by atoms with Crippen LogP contribution < -0.4 is 16.0 Å². The van der Waals surface area contributed by atoms with Gasteiger partial charge in [-0.1, -0.05) is 0 Å². The maximum Gasteiger partial charge on any atom is 0.407 e. The molecular formula is C19H39N5O3. The maximum absolute atomic E-state index is 11.6. The Balaban J connectivity index is 2.15. The van der Waals surface area contributed by atoms with Crippen molar-refractivity contribution in [3.8, 4) is 0 Å². The van der Waals surface area contributed by atoms with Gasteiger partial charge in [0.25, 0.3) is 0 Å². The average Bonchev–Trinajstić information content (AvgIpc) is 2.58. The van der Waals surface area contributed by atoms with E-state index in [1.54, 1.807) is 0 Å². The number of hydrogen-bond acceptors (Lipinski definition) is 5. The summed E-state index contributed by atoms with van der Waals surface area (Å²) in [6.07, 6.45) is 3.06. The van der Waals surface area contributed by atoms with Crippen molar-refractivity contribution in [1.82, 2.24) is 20.9 Å². The summed E-state index contributed by atoms with van der Waals surface area (Å²) in [5, 5.41) is 18.9. The Morgan fingerprint density at radius 3 is 2.44 bits per heavy atom. The van der Waals surface area contributed by atoms with E-state index < -0.39 is 5.60 Å². The number of carbonyl (C=O) groups is 1. The summed E-state index contributed by atoms with van der Waals surface area (Å²) in [6, 6.07) is 0. The van der Waals surface area contributed by atoms with E-state index in [0.29, 0.717) is 13.1 Å². The lowest BCUT2D eigenvalue weighted by atomic mass is 10.1. The summed E-state index contributed by atoms with van der Waals surface area (Å²) in [7, 11) is 0. The minimum atomic E-state index is -0.474. The van der Waals surface area contributed by atoms with Gasteiger partial charge < -0.3 is 30.7 Å². The van der Waals surface area contributed by atoms with Crippen LogP contribution in [-0.4, -0.2) is 79.6 Å². The van der Waals surface area contributed by atoms with Crippen molar-refractivity contribution in [1.29, 1.82) is 0 Å². The highest BCUT2D eigenvalue weighted by Crippen LogP contribution is 2.09. The fraction of sp³-hybridized carbons (Fsp3) is 0.895. The van der Waals surface area contributed by atoms with E-state index in [9.17, 15) is 9.90 Å². The van der Waals surface area contributed by atoms with Crippen molar-refractivity contribution in [2.75, 3.05) is 45.8 Å². The molecule has 8 nitrogen and oxygen atoms in total. The van der Waals surface area contributed by atoms with E-state index in [2.05, 4.69) is 25.8 Å². The number of piperidine rings is 1. The molecular weight excluding hydrogens is 346 g/mol. The number of aliphatic hydroxyl groups is 1. The summed E-state index contributed by atoms with van der Waals surface area (Å²) < 4.78 is 5.20. The van der Waals surface area contributed by atoms with Gasteiger partial charge in [-0.15, -0.1) is 0 Å². The van der Waals surface area contributed by atoms with Crippen LogP contribution in [-0.2, 0) is 4.74 Å². The van der Waals surface area contributed by atoms with Gasteiger partial charge >= 0.3 is 6.09 Å². The first-order chi connectivity index (χ1) is 12.8. The number of nitrogens with zero attached hydrogens (tertiary/aromatic N) is 2. The Hall–Kier alpha value is -1.54. The number of nitrogens with one attached hydrogen (secondary N) is 3. The highest BCUT2D eigenvalue weighted by molar-refractivity contribution is 5.79. The first-order valence-corrected chi connectivity index (χ1v) is 10.2. The van der Waals surface area contributed by atoms with Crippen LogP contribution in [0.2, 0.25) is 0 Å². The number of aliphatic imine (C=N–C) groups is 1. The van der Waals surface area contributed by atoms with E-state index in [1.807, 2.05) is 27.7 Å². The lowest BCUT2D eigenvalue weighted by molar-refractivity contribution is 0.0527. The fourth-order valence-electron chi connectivity index (χ4n) is 2.77. The van der Waals surface area contributed by atoms with Crippen LogP contribution in [0.5, 0.6) is 0 Å². The van der Waals surface area contributed by atoms with E-state index in [-0.39, 0.29) is 12.2 Å². The predicted molar refractivity (Wildman–Crippen MR) is 109 cm³/mol. The fourth-order valence-corrected chi connectivity index (χ4v) is 2.77. The summed E-state index contributed by atoms with van der Waals surface area (Å²) in [5.74, 6) is 0.809. The van der Waals surface area contributed by atoms with Crippen molar-refractivity contribution < 1.29 is 14.6 Å². The maximum atomic E-state index is 11.6. The molecule has 0 aliphatic carbocycles. The van der Waals surface area contributed by atoms with Crippen molar-refractivity contribution in [2.45, 2.75) is 65.1 Å². The highest BCUT2D eigenvalue weighted by Gasteiger charge is 2.16. The smallest absolute Gasteiger partial charge is 0.407 e. The molecule has 0 saturated carbocycles. The minimum absolute atomic E-state index is 0.114. The Labute approximate surface area is 164 Å². The molecule has 1 amide bonds. The Morgan fingerprint density at radius 2 is 1.81 bits per heavy atom. The number of rotatable bonds is 9. The monoisotopic (exact) mass is 385 g/mol. The van der Waals surface area contributed by atoms with Crippen LogP contribution in [0.25, 0.3) is 0 Å². The number of ether oxygens (including phenoxy) is 1. The van der Waals surface area contributed by atoms with Crippen LogP contribution >= 0.6 is 0 Å². The number of guanidine groups is 1. The van der Waals surface area contributed by atoms with Gasteiger partial charge in [0.2, 0.25) is 0 Å². The van der Waals surface area contributed by atoms with Crippen molar-refractivity contribution in [3.05, 3.63) is 0 Å². The molecule has 1 rings (SSSR count). The standard InChI is InChI=1S/C19H39N5O3/c1-5-20-17(21-10-6-11-23-18(26)27-19(2,3)4)22-12-7-13-24-14-8-16(25)9-15-24/h16,25H,5-15H2,1-4H3,(H,23,26)(H2,20,21,22). The summed E-state index contributed by atoms with van der Waals surface area (Å²) in [6.45, 7) is 13.4. The van der Waals surface area contributed by atoms with Crippen LogP contribution in [0, 0.1) is 0 Å². The number of carbonyl (C=O) groups excluding carboxylic acids is 1. The first kappa shape index (κ1) is 23.5. The number of aliphatic hydroxyl groups excluding tert-OH is 1. The molecule has 0 radical (unpaired) electrons. The van der Waals surface area contributed by atoms with Gasteiger partial charge in [0, 0.05) is 39.3 Å². The molecule has 0 aromatic rings. The number of hydrogen-bond donors (Lipinski definition) is 4. The van der Waals surface area contributed by atoms with Gasteiger partial charge in [0.05, 0.1) is 6.10 Å². The SMILES string of the molecule is CCNC(=NCCCNC(=O)OC(C)(C)C)NCCCN1CCC(O)CC1. The van der Waals surface area contributed by atoms with E-state index in [0.717, 1.165) is 64.4 Å². The zero-order valence-corrected chi connectivity index (χ0v) is 17.5. The van der Waals surface area contributed by atoms with Gasteiger partial charge in [0.15, 0.2) is 5.96 Å². The van der Waals surface area contributed by atoms with Crippen molar-refractivity contribution >= 4 is 12.1 Å². The third-order valence-corrected chi connectivity index (χ3v) is 4.12. The second-order valence-electron chi connectivity index (χ2n) is 7.90. The quantitative estimate of drug-likeness (QED) is 0.271. The lowest BCUT2D eigenvalue weighted by Crippen LogP contribution is -2.40. The molecule has 0 aromatic heterocycles. The molecule has 158 valence electrons. The van der Waals surface area contributed by atoms with E-state index in [1.165, 1.54) is 0 Å². The average molecular weight is 386 g/mol. The molecule has 1 aliphatic heterocycles. The van der Waals surface area contributed by atoms with Gasteiger partial charge in [-0.2, -0.15) is 0 Å². The number of likely N-dealkylation sites (tertiary alicyclic amines) is 1. The Bertz CT molecular complexity index is 443. The zero-order chi connectivity index (χ0) is 20.1. The van der Waals surface area contributed by atoms with Crippen LogP contribution in [0.15, 0.2) is 4.99 Å². The lowest BCUT2D eigenvalue weighted by Gasteiger charge is -2.29. The topological polar surface area (TPSA) is 98.2 Å². The molecule has 27 heavy (non-hydrogen) atoms. The van der Waals surface area contributed by atoms with E-state index in [4.69, 9.17) is 4.74 Å². The molecule has 1 heterocycles. The minimum Gasteiger partial charge on any atom is -0.444 e. The van der Waals surface area contributed by atoms with Gasteiger partial charge in [-0.05, 0) is 59.9 Å². The van der Waals surface area contributed by atoms with E-state index >= 15 is 0 Å². The summed E-state index contributed by atoms with van der Waals surface area (Å²) in [5.41, 5.74) is -0.474. The normalized spacial score (nSPS) is 16.9. The van der Waals surface area contributed by atoms with Crippen molar-refractivity contribution in [3.63, 3.8) is 0 Å². The zero-order valence-electron chi connectivity index (χ0n) is 17.5. The molecule has 0 aromatic carbocycles. The Morgan fingerprint density at radius 1 is 1.15 bits per heavy atom. The molecule has 8 heteroatoms. The molecule has 0 spiro atoms. The molecule has 1 saturated heterocycles. The van der Waals surface area contributed by atoms with Crippen LogP contribution in [0.4, 0.5) is 4.79 Å². The molecule has 1 fully saturated rings.